The van der Waals surface area contributed by atoms with Gasteiger partial charge in [0.2, 0.25) is 0 Å². The standard InChI is InChI=1S/C16H28N2/c1-14(2,3)13(17)16(18,15(4,5)6)12-10-8-7-9-11-12/h7-11,13H,17-18H2,1-6H3. The molecule has 0 bridgehead atoms. The molecule has 0 aliphatic heterocycles. The van der Waals surface area contributed by atoms with Gasteiger partial charge in [0.25, 0.3) is 0 Å². The molecular weight excluding hydrogens is 220 g/mol. The van der Waals surface area contributed by atoms with Crippen LogP contribution in [-0.2, 0) is 5.54 Å². The third-order valence-corrected chi connectivity index (χ3v) is 3.92. The molecule has 102 valence electrons. The molecule has 0 aliphatic rings. The van der Waals surface area contributed by atoms with Crippen molar-refractivity contribution in [2.45, 2.75) is 53.1 Å². The Morgan fingerprint density at radius 2 is 1.33 bits per heavy atom. The van der Waals surface area contributed by atoms with Crippen molar-refractivity contribution >= 4 is 0 Å². The molecule has 0 amide bonds. The van der Waals surface area contributed by atoms with Crippen LogP contribution in [0.15, 0.2) is 30.3 Å². The van der Waals surface area contributed by atoms with Gasteiger partial charge in [-0.05, 0) is 16.4 Å². The van der Waals surface area contributed by atoms with E-state index in [2.05, 4.69) is 53.7 Å². The summed E-state index contributed by atoms with van der Waals surface area (Å²) in [5.41, 5.74) is 13.7. The summed E-state index contributed by atoms with van der Waals surface area (Å²) in [5, 5.41) is 0. The lowest BCUT2D eigenvalue weighted by molar-refractivity contribution is 0.0900. The summed E-state index contributed by atoms with van der Waals surface area (Å²) in [7, 11) is 0. The summed E-state index contributed by atoms with van der Waals surface area (Å²) in [6.07, 6.45) is 0. The maximum Gasteiger partial charge on any atom is 0.0617 e. The first-order valence-electron chi connectivity index (χ1n) is 6.61. The summed E-state index contributed by atoms with van der Waals surface area (Å²) in [5.74, 6) is 0. The predicted molar refractivity (Wildman–Crippen MR) is 79.2 cm³/mol. The van der Waals surface area contributed by atoms with E-state index in [9.17, 15) is 0 Å². The number of hydrogen-bond donors (Lipinski definition) is 2. The van der Waals surface area contributed by atoms with Gasteiger partial charge in [0.05, 0.1) is 5.54 Å². The van der Waals surface area contributed by atoms with Crippen LogP contribution in [0.5, 0.6) is 0 Å². The van der Waals surface area contributed by atoms with Crippen LogP contribution < -0.4 is 11.5 Å². The number of nitrogens with two attached hydrogens (primary N) is 2. The molecule has 0 aliphatic carbocycles. The maximum absolute atomic E-state index is 6.80. The zero-order chi connectivity index (χ0) is 14.2. The molecule has 0 saturated heterocycles. The van der Waals surface area contributed by atoms with Crippen LogP contribution in [0.3, 0.4) is 0 Å². The van der Waals surface area contributed by atoms with Crippen LogP contribution >= 0.6 is 0 Å². The highest BCUT2D eigenvalue weighted by atomic mass is 14.9. The Bertz CT molecular complexity index is 384. The average molecular weight is 248 g/mol. The van der Waals surface area contributed by atoms with Crippen LogP contribution in [0, 0.1) is 10.8 Å². The fourth-order valence-corrected chi connectivity index (χ4v) is 2.48. The first-order chi connectivity index (χ1) is 8.01. The Morgan fingerprint density at radius 3 is 1.67 bits per heavy atom. The van der Waals surface area contributed by atoms with Crippen molar-refractivity contribution in [1.82, 2.24) is 0 Å². The molecule has 1 aromatic carbocycles. The minimum atomic E-state index is -0.549. The van der Waals surface area contributed by atoms with Gasteiger partial charge >= 0.3 is 0 Å². The SMILES string of the molecule is CC(C)(C)C(N)C(N)(c1ccccc1)C(C)(C)C. The van der Waals surface area contributed by atoms with E-state index in [1.807, 2.05) is 18.2 Å². The van der Waals surface area contributed by atoms with Gasteiger partial charge in [-0.15, -0.1) is 0 Å². The summed E-state index contributed by atoms with van der Waals surface area (Å²) in [4.78, 5) is 0. The molecule has 0 heterocycles. The fourth-order valence-electron chi connectivity index (χ4n) is 2.48. The predicted octanol–water partition coefficient (Wildman–Crippen LogP) is 3.26. The first-order valence-corrected chi connectivity index (χ1v) is 6.61. The average Bonchev–Trinajstić information content (AvgIpc) is 2.25. The van der Waals surface area contributed by atoms with E-state index >= 15 is 0 Å². The molecular formula is C16H28N2. The van der Waals surface area contributed by atoms with E-state index in [0.717, 1.165) is 5.56 Å². The molecule has 0 radical (unpaired) electrons. The van der Waals surface area contributed by atoms with Gasteiger partial charge in [-0.2, -0.15) is 0 Å². The molecule has 0 saturated carbocycles. The maximum atomic E-state index is 6.80. The lowest BCUT2D eigenvalue weighted by Crippen LogP contribution is -2.64. The summed E-state index contributed by atoms with van der Waals surface area (Å²) in [6, 6.07) is 10.1. The van der Waals surface area contributed by atoms with E-state index in [4.69, 9.17) is 11.5 Å². The molecule has 18 heavy (non-hydrogen) atoms. The van der Waals surface area contributed by atoms with E-state index < -0.39 is 5.54 Å². The second-order valence-corrected chi connectivity index (χ2v) is 7.33. The van der Waals surface area contributed by atoms with Crippen molar-refractivity contribution < 1.29 is 0 Å². The quantitative estimate of drug-likeness (QED) is 0.844. The molecule has 1 rings (SSSR count). The normalized spacial score (nSPS) is 18.2. The van der Waals surface area contributed by atoms with Crippen molar-refractivity contribution in [3.63, 3.8) is 0 Å². The highest BCUT2D eigenvalue weighted by Crippen LogP contribution is 2.43. The summed E-state index contributed by atoms with van der Waals surface area (Å²) < 4.78 is 0. The Hall–Kier alpha value is -0.860. The van der Waals surface area contributed by atoms with Crippen LogP contribution in [0.1, 0.15) is 47.1 Å². The number of hydrogen-bond acceptors (Lipinski definition) is 2. The second kappa shape index (κ2) is 4.67. The van der Waals surface area contributed by atoms with E-state index in [0.29, 0.717) is 0 Å². The first kappa shape index (κ1) is 15.2. The van der Waals surface area contributed by atoms with Crippen LogP contribution in [0.4, 0.5) is 0 Å². The van der Waals surface area contributed by atoms with Gasteiger partial charge in [-0.3, -0.25) is 0 Å². The monoisotopic (exact) mass is 248 g/mol. The molecule has 2 nitrogen and oxygen atoms in total. The van der Waals surface area contributed by atoms with Crippen molar-refractivity contribution in [2.24, 2.45) is 22.3 Å². The Balaban J connectivity index is 3.38. The molecule has 0 aromatic heterocycles. The highest BCUT2D eigenvalue weighted by Gasteiger charge is 2.48. The molecule has 2 heteroatoms. The minimum absolute atomic E-state index is 0.0438. The molecule has 1 aromatic rings. The lowest BCUT2D eigenvalue weighted by Gasteiger charge is -2.50. The van der Waals surface area contributed by atoms with Gasteiger partial charge in [-0.1, -0.05) is 71.9 Å². The van der Waals surface area contributed by atoms with Crippen molar-refractivity contribution in [2.75, 3.05) is 0 Å². The van der Waals surface area contributed by atoms with E-state index in [-0.39, 0.29) is 16.9 Å². The minimum Gasteiger partial charge on any atom is -0.325 e. The van der Waals surface area contributed by atoms with Crippen molar-refractivity contribution in [3.8, 4) is 0 Å². The molecule has 0 fully saturated rings. The van der Waals surface area contributed by atoms with E-state index in [1.165, 1.54) is 0 Å². The zero-order valence-corrected chi connectivity index (χ0v) is 12.6. The van der Waals surface area contributed by atoms with Crippen molar-refractivity contribution in [1.29, 1.82) is 0 Å². The lowest BCUT2D eigenvalue weighted by atomic mass is 9.60. The Kier molecular flexibility index (Phi) is 3.94. The van der Waals surface area contributed by atoms with E-state index in [1.54, 1.807) is 0 Å². The Labute approximate surface area is 112 Å². The molecule has 2 atom stereocenters. The topological polar surface area (TPSA) is 52.0 Å². The van der Waals surface area contributed by atoms with Gasteiger partial charge in [-0.25, -0.2) is 0 Å². The number of rotatable bonds is 2. The third-order valence-electron chi connectivity index (χ3n) is 3.92. The fraction of sp³-hybridized carbons (Fsp3) is 0.625. The second-order valence-electron chi connectivity index (χ2n) is 7.33. The van der Waals surface area contributed by atoms with Crippen LogP contribution in [-0.4, -0.2) is 6.04 Å². The largest absolute Gasteiger partial charge is 0.325 e. The smallest absolute Gasteiger partial charge is 0.0617 e. The van der Waals surface area contributed by atoms with Gasteiger partial charge in [0.15, 0.2) is 0 Å². The van der Waals surface area contributed by atoms with Gasteiger partial charge in [0, 0.05) is 6.04 Å². The van der Waals surface area contributed by atoms with Crippen molar-refractivity contribution in [3.05, 3.63) is 35.9 Å². The summed E-state index contributed by atoms with van der Waals surface area (Å²) in [6.45, 7) is 12.9. The zero-order valence-electron chi connectivity index (χ0n) is 12.6. The Morgan fingerprint density at radius 1 is 0.889 bits per heavy atom. The highest BCUT2D eigenvalue weighted by molar-refractivity contribution is 5.29. The molecule has 2 unspecified atom stereocenters. The summed E-state index contributed by atoms with van der Waals surface area (Å²) >= 11 is 0. The molecule has 0 spiro atoms. The van der Waals surface area contributed by atoms with Gasteiger partial charge in [0.1, 0.15) is 0 Å². The van der Waals surface area contributed by atoms with Crippen LogP contribution in [0.2, 0.25) is 0 Å². The van der Waals surface area contributed by atoms with Crippen LogP contribution in [0.25, 0.3) is 0 Å². The van der Waals surface area contributed by atoms with Gasteiger partial charge < -0.3 is 11.5 Å². The third kappa shape index (κ3) is 2.60. The number of benzene rings is 1. The molecule has 4 N–H and O–H groups in total.